The number of aryl methyl sites for hydroxylation is 1. The lowest BCUT2D eigenvalue weighted by Crippen LogP contribution is -2.15. The molecule has 9 heteroatoms. The van der Waals surface area contributed by atoms with Crippen LogP contribution >= 0.6 is 11.6 Å². The molecule has 7 nitrogen and oxygen atoms in total. The lowest BCUT2D eigenvalue weighted by Gasteiger charge is -2.08. The fourth-order valence-electron chi connectivity index (χ4n) is 1.59. The van der Waals surface area contributed by atoms with Crippen molar-refractivity contribution >= 4 is 33.1 Å². The number of hydrogen-bond acceptors (Lipinski definition) is 5. The van der Waals surface area contributed by atoms with E-state index in [4.69, 9.17) is 17.3 Å². The van der Waals surface area contributed by atoms with Crippen LogP contribution in [0.15, 0.2) is 23.4 Å². The van der Waals surface area contributed by atoms with Crippen molar-refractivity contribution in [2.24, 2.45) is 7.05 Å². The third-order valence-electron chi connectivity index (χ3n) is 2.59. The van der Waals surface area contributed by atoms with Gasteiger partial charge in [-0.1, -0.05) is 11.6 Å². The Bertz CT molecular complexity index is 726. The van der Waals surface area contributed by atoms with Crippen LogP contribution in [0.2, 0.25) is 5.02 Å². The van der Waals surface area contributed by atoms with Crippen molar-refractivity contribution in [3.63, 3.8) is 0 Å². The van der Waals surface area contributed by atoms with E-state index >= 15 is 0 Å². The molecule has 0 amide bonds. The Kier molecular flexibility index (Phi) is 3.38. The summed E-state index contributed by atoms with van der Waals surface area (Å²) in [7, 11) is -2.25. The van der Waals surface area contributed by atoms with E-state index in [2.05, 4.69) is 14.8 Å². The van der Waals surface area contributed by atoms with Crippen LogP contribution in [0.5, 0.6) is 0 Å². The van der Waals surface area contributed by atoms with Gasteiger partial charge in [0, 0.05) is 13.2 Å². The predicted molar refractivity (Wildman–Crippen MR) is 72.4 cm³/mol. The molecule has 0 saturated heterocycles. The van der Waals surface area contributed by atoms with Crippen molar-refractivity contribution in [3.8, 4) is 0 Å². The molecular weight excluding hydrogens is 290 g/mol. The first kappa shape index (κ1) is 13.6. The second-order valence-electron chi connectivity index (χ2n) is 3.88. The summed E-state index contributed by atoms with van der Waals surface area (Å²) in [6.07, 6.45) is 2.78. The molecule has 0 unspecified atom stereocenters. The first-order valence-electron chi connectivity index (χ1n) is 5.24. The molecule has 2 rings (SSSR count). The second-order valence-corrected chi connectivity index (χ2v) is 5.91. The summed E-state index contributed by atoms with van der Waals surface area (Å²) >= 11 is 5.88. The topological polar surface area (TPSA) is 103 Å². The molecular formula is C10H12ClN5O2S. The van der Waals surface area contributed by atoms with Gasteiger partial charge in [0.1, 0.15) is 0 Å². The van der Waals surface area contributed by atoms with Gasteiger partial charge >= 0.3 is 0 Å². The summed E-state index contributed by atoms with van der Waals surface area (Å²) in [5, 5.41) is 4.12. The molecule has 0 aromatic carbocycles. The standard InChI is InChI=1S/C10H12ClN5O2S/c1-6-9(10(12)14-16(6)2)19(17,18)15-8-5-13-4-3-7(8)11/h3-5,15H,1-2H3,(H2,12,14). The van der Waals surface area contributed by atoms with Crippen molar-refractivity contribution in [3.05, 3.63) is 29.2 Å². The number of nitrogens with two attached hydrogens (primary N) is 1. The molecule has 2 aromatic heterocycles. The molecule has 0 spiro atoms. The fraction of sp³-hybridized carbons (Fsp3) is 0.200. The van der Waals surface area contributed by atoms with Crippen LogP contribution in [0.1, 0.15) is 5.69 Å². The number of rotatable bonds is 3. The van der Waals surface area contributed by atoms with Gasteiger partial charge in [-0.15, -0.1) is 0 Å². The highest BCUT2D eigenvalue weighted by Crippen LogP contribution is 2.26. The van der Waals surface area contributed by atoms with Crippen molar-refractivity contribution in [1.82, 2.24) is 14.8 Å². The van der Waals surface area contributed by atoms with E-state index in [9.17, 15) is 8.42 Å². The minimum atomic E-state index is -3.86. The van der Waals surface area contributed by atoms with Crippen LogP contribution in [0, 0.1) is 6.92 Å². The zero-order valence-corrected chi connectivity index (χ0v) is 11.8. The Morgan fingerprint density at radius 2 is 2.16 bits per heavy atom. The molecule has 0 atom stereocenters. The Labute approximate surface area is 115 Å². The van der Waals surface area contributed by atoms with E-state index in [0.29, 0.717) is 5.69 Å². The Morgan fingerprint density at radius 3 is 2.68 bits per heavy atom. The number of aromatic nitrogens is 3. The number of nitrogens with zero attached hydrogens (tertiary/aromatic N) is 3. The van der Waals surface area contributed by atoms with Crippen molar-refractivity contribution < 1.29 is 8.42 Å². The zero-order valence-electron chi connectivity index (χ0n) is 10.3. The SMILES string of the molecule is Cc1c(S(=O)(=O)Nc2cnccc2Cl)c(N)nn1C. The molecule has 3 N–H and O–H groups in total. The first-order valence-corrected chi connectivity index (χ1v) is 7.10. The minimum absolute atomic E-state index is 0.0603. The Morgan fingerprint density at radius 1 is 1.47 bits per heavy atom. The maximum Gasteiger partial charge on any atom is 0.267 e. The molecule has 102 valence electrons. The van der Waals surface area contributed by atoms with Gasteiger partial charge in [-0.05, 0) is 13.0 Å². The van der Waals surface area contributed by atoms with E-state index in [1.807, 2.05) is 0 Å². The van der Waals surface area contributed by atoms with Gasteiger partial charge in [0.2, 0.25) is 0 Å². The first-order chi connectivity index (χ1) is 8.83. The number of nitrogen functional groups attached to an aromatic ring is 1. The van der Waals surface area contributed by atoms with E-state index in [-0.39, 0.29) is 21.4 Å². The van der Waals surface area contributed by atoms with Crippen molar-refractivity contribution in [1.29, 1.82) is 0 Å². The van der Waals surface area contributed by atoms with Crippen molar-refractivity contribution in [2.45, 2.75) is 11.8 Å². The molecule has 0 bridgehead atoms. The molecule has 0 saturated carbocycles. The summed E-state index contributed by atoms with van der Waals surface area (Å²) in [5.41, 5.74) is 6.24. The van der Waals surface area contributed by atoms with E-state index in [1.165, 1.54) is 23.1 Å². The van der Waals surface area contributed by atoms with Gasteiger partial charge in [0.25, 0.3) is 10.0 Å². The average molecular weight is 302 g/mol. The van der Waals surface area contributed by atoms with E-state index in [0.717, 1.165) is 0 Å². The smallest absolute Gasteiger partial charge is 0.267 e. The zero-order chi connectivity index (χ0) is 14.2. The number of hydrogen-bond donors (Lipinski definition) is 2. The number of anilines is 2. The van der Waals surface area contributed by atoms with Gasteiger partial charge < -0.3 is 5.73 Å². The van der Waals surface area contributed by atoms with Gasteiger partial charge in [0.05, 0.1) is 22.6 Å². The highest BCUT2D eigenvalue weighted by Gasteiger charge is 2.25. The largest absolute Gasteiger partial charge is 0.381 e. The average Bonchev–Trinajstić information content (AvgIpc) is 2.56. The highest BCUT2D eigenvalue weighted by molar-refractivity contribution is 7.93. The van der Waals surface area contributed by atoms with Gasteiger partial charge in [-0.2, -0.15) is 5.10 Å². The molecule has 0 aliphatic rings. The van der Waals surface area contributed by atoms with E-state index < -0.39 is 10.0 Å². The van der Waals surface area contributed by atoms with Gasteiger partial charge in [-0.3, -0.25) is 14.4 Å². The van der Waals surface area contributed by atoms with Gasteiger partial charge in [0.15, 0.2) is 10.7 Å². The second kappa shape index (κ2) is 4.71. The highest BCUT2D eigenvalue weighted by atomic mass is 35.5. The molecule has 2 aromatic rings. The normalized spacial score (nSPS) is 11.5. The lowest BCUT2D eigenvalue weighted by molar-refractivity contribution is 0.600. The van der Waals surface area contributed by atoms with Crippen LogP contribution in [0.25, 0.3) is 0 Å². The quantitative estimate of drug-likeness (QED) is 0.885. The lowest BCUT2D eigenvalue weighted by atomic mass is 10.4. The van der Waals surface area contributed by atoms with Crippen LogP contribution in [-0.2, 0) is 17.1 Å². The summed E-state index contributed by atoms with van der Waals surface area (Å²) in [6.45, 7) is 1.61. The van der Waals surface area contributed by atoms with Crippen molar-refractivity contribution in [2.75, 3.05) is 10.5 Å². The maximum absolute atomic E-state index is 12.3. The van der Waals surface area contributed by atoms with Crippen LogP contribution in [-0.4, -0.2) is 23.2 Å². The van der Waals surface area contributed by atoms with Crippen LogP contribution < -0.4 is 10.5 Å². The number of nitrogens with one attached hydrogen (secondary N) is 1. The monoisotopic (exact) mass is 301 g/mol. The Hall–Kier alpha value is -1.80. The van der Waals surface area contributed by atoms with Crippen LogP contribution in [0.4, 0.5) is 11.5 Å². The summed E-state index contributed by atoms with van der Waals surface area (Å²) < 4.78 is 28.3. The summed E-state index contributed by atoms with van der Waals surface area (Å²) in [6, 6.07) is 1.48. The molecule has 0 aliphatic heterocycles. The number of pyridine rings is 1. The summed E-state index contributed by atoms with van der Waals surface area (Å²) in [5.74, 6) is -0.0625. The molecule has 0 aliphatic carbocycles. The molecule has 0 radical (unpaired) electrons. The van der Waals surface area contributed by atoms with Crippen LogP contribution in [0.3, 0.4) is 0 Å². The number of sulfonamides is 1. The third kappa shape index (κ3) is 2.49. The fourth-order valence-corrected chi connectivity index (χ4v) is 3.19. The maximum atomic E-state index is 12.3. The summed E-state index contributed by atoms with van der Waals surface area (Å²) in [4.78, 5) is 3.75. The molecule has 19 heavy (non-hydrogen) atoms. The van der Waals surface area contributed by atoms with Gasteiger partial charge in [-0.25, -0.2) is 8.42 Å². The third-order valence-corrected chi connectivity index (χ3v) is 4.45. The minimum Gasteiger partial charge on any atom is -0.381 e. The number of halogens is 1. The van der Waals surface area contributed by atoms with E-state index in [1.54, 1.807) is 14.0 Å². The Balaban J connectivity index is 2.47. The molecule has 2 heterocycles. The predicted octanol–water partition coefficient (Wildman–Crippen LogP) is 1.16. The molecule has 0 fully saturated rings.